The molecule has 1 aliphatic heterocycles. The number of nitrogens with one attached hydrogen (secondary N) is 2. The fourth-order valence-electron chi connectivity index (χ4n) is 3.62. The summed E-state index contributed by atoms with van der Waals surface area (Å²) in [6, 6.07) is 2.27. The van der Waals surface area contributed by atoms with Gasteiger partial charge in [-0.2, -0.15) is 13.2 Å². The molecule has 2 unspecified atom stereocenters. The van der Waals surface area contributed by atoms with Crippen molar-refractivity contribution in [2.75, 3.05) is 11.9 Å². The summed E-state index contributed by atoms with van der Waals surface area (Å²) in [6.45, 7) is 3.13. The lowest BCUT2D eigenvalue weighted by atomic mass is 10.1. The number of likely N-dealkylation sites (tertiary alicyclic amines) is 1. The highest BCUT2D eigenvalue weighted by atomic mass is 19.4. The van der Waals surface area contributed by atoms with E-state index >= 15 is 0 Å². The maximum Gasteiger partial charge on any atom is 0.417 e. The fraction of sp³-hybridized carbons (Fsp3) is 0.400. The van der Waals surface area contributed by atoms with Crippen LogP contribution in [-0.4, -0.2) is 41.2 Å². The van der Waals surface area contributed by atoms with E-state index in [9.17, 15) is 32.3 Å². The van der Waals surface area contributed by atoms with Gasteiger partial charge in [0.05, 0.1) is 5.56 Å². The summed E-state index contributed by atoms with van der Waals surface area (Å²) in [5.74, 6) is -1.32. The molecular formula is C20H20F3N3O5. The maximum absolute atomic E-state index is 13.2. The summed E-state index contributed by atoms with van der Waals surface area (Å²) < 4.78 is 44.3. The van der Waals surface area contributed by atoms with Crippen molar-refractivity contribution in [3.8, 4) is 0 Å². The minimum absolute atomic E-state index is 0.120. The largest absolute Gasteiger partial charge is 0.423 e. The molecule has 1 fully saturated rings. The number of anilines is 1. The quantitative estimate of drug-likeness (QED) is 0.711. The number of halogens is 3. The Bertz CT molecular complexity index is 1100. The van der Waals surface area contributed by atoms with Gasteiger partial charge in [-0.25, -0.2) is 4.79 Å². The lowest BCUT2D eigenvalue weighted by Crippen LogP contribution is -2.51. The Morgan fingerprint density at radius 1 is 1.23 bits per heavy atom. The monoisotopic (exact) mass is 439 g/mol. The number of hydrogen-bond acceptors (Lipinski definition) is 5. The molecular weight excluding hydrogens is 419 g/mol. The van der Waals surface area contributed by atoms with Crippen LogP contribution in [0.25, 0.3) is 11.0 Å². The number of alkyl halides is 3. The van der Waals surface area contributed by atoms with Crippen LogP contribution in [0.3, 0.4) is 0 Å². The molecule has 3 rings (SSSR count). The van der Waals surface area contributed by atoms with Gasteiger partial charge in [0, 0.05) is 36.7 Å². The molecule has 8 nitrogen and oxygen atoms in total. The zero-order chi connectivity index (χ0) is 22.9. The average molecular weight is 439 g/mol. The van der Waals surface area contributed by atoms with Gasteiger partial charge < -0.3 is 20.0 Å². The summed E-state index contributed by atoms with van der Waals surface area (Å²) >= 11 is 0. The summed E-state index contributed by atoms with van der Waals surface area (Å²) in [6.07, 6.45) is -3.77. The van der Waals surface area contributed by atoms with E-state index in [0.717, 1.165) is 12.1 Å². The third kappa shape index (κ3) is 4.86. The number of carbonyl (C=O) groups excluding carboxylic acids is 3. The van der Waals surface area contributed by atoms with E-state index in [1.165, 1.54) is 24.8 Å². The number of rotatable bonds is 4. The van der Waals surface area contributed by atoms with Gasteiger partial charge in [0.1, 0.15) is 17.7 Å². The van der Waals surface area contributed by atoms with Crippen LogP contribution in [0.15, 0.2) is 33.5 Å². The highest BCUT2D eigenvalue weighted by Gasteiger charge is 2.37. The second-order valence-corrected chi connectivity index (χ2v) is 7.29. The van der Waals surface area contributed by atoms with Gasteiger partial charge in [0.15, 0.2) is 0 Å². The van der Waals surface area contributed by atoms with E-state index < -0.39 is 41.3 Å². The molecule has 166 valence electrons. The standard InChI is InChI=1S/C20H20F3N3O5/c1-10(24-11(2)27)19(30)26-7-3-4-15(26)18(29)25-12-5-6-13-14(20(21,22)23)9-17(28)31-16(13)8-12/h5-6,8-10,15H,3-4,7H2,1-2H3,(H,24,27)(H,25,29). The number of carbonyl (C=O) groups is 3. The predicted octanol–water partition coefficient (Wildman–Crippen LogP) is 2.27. The van der Waals surface area contributed by atoms with Crippen molar-refractivity contribution < 1.29 is 32.0 Å². The lowest BCUT2D eigenvalue weighted by molar-refractivity contribution is -0.139. The maximum atomic E-state index is 13.2. The Labute approximate surface area is 174 Å². The summed E-state index contributed by atoms with van der Waals surface area (Å²) in [4.78, 5) is 49.4. The van der Waals surface area contributed by atoms with Crippen molar-refractivity contribution in [2.45, 2.75) is 44.9 Å². The fourth-order valence-corrected chi connectivity index (χ4v) is 3.62. The van der Waals surface area contributed by atoms with E-state index in [1.54, 1.807) is 0 Å². The van der Waals surface area contributed by atoms with Crippen LogP contribution in [0.4, 0.5) is 18.9 Å². The zero-order valence-electron chi connectivity index (χ0n) is 16.7. The predicted molar refractivity (Wildman–Crippen MR) is 104 cm³/mol. The third-order valence-electron chi connectivity index (χ3n) is 4.95. The van der Waals surface area contributed by atoms with Gasteiger partial charge in [-0.15, -0.1) is 0 Å². The molecule has 2 aromatic rings. The molecule has 0 saturated carbocycles. The third-order valence-corrected chi connectivity index (χ3v) is 4.95. The van der Waals surface area contributed by atoms with Gasteiger partial charge in [-0.1, -0.05) is 0 Å². The van der Waals surface area contributed by atoms with Crippen LogP contribution in [0.5, 0.6) is 0 Å². The molecule has 2 N–H and O–H groups in total. The van der Waals surface area contributed by atoms with Crippen LogP contribution < -0.4 is 16.3 Å². The van der Waals surface area contributed by atoms with Crippen molar-refractivity contribution >= 4 is 34.4 Å². The first-order valence-corrected chi connectivity index (χ1v) is 9.51. The molecule has 2 atom stereocenters. The van der Waals surface area contributed by atoms with Crippen molar-refractivity contribution in [3.63, 3.8) is 0 Å². The van der Waals surface area contributed by atoms with E-state index in [0.29, 0.717) is 25.5 Å². The summed E-state index contributed by atoms with van der Waals surface area (Å²) in [5.41, 5.74) is -2.50. The van der Waals surface area contributed by atoms with Gasteiger partial charge in [0.25, 0.3) is 0 Å². The summed E-state index contributed by atoms with van der Waals surface area (Å²) in [7, 11) is 0. The molecule has 1 aromatic carbocycles. The molecule has 3 amide bonds. The van der Waals surface area contributed by atoms with Crippen molar-refractivity contribution in [1.82, 2.24) is 10.2 Å². The molecule has 1 aliphatic rings. The number of fused-ring (bicyclic) bond motifs is 1. The van der Waals surface area contributed by atoms with Crippen LogP contribution in [0.1, 0.15) is 32.3 Å². The first kappa shape index (κ1) is 22.3. The number of hydrogen-bond donors (Lipinski definition) is 2. The minimum Gasteiger partial charge on any atom is -0.423 e. The number of nitrogens with zero attached hydrogens (tertiary/aromatic N) is 1. The second kappa shape index (κ2) is 8.40. The minimum atomic E-state index is -4.74. The Hall–Kier alpha value is -3.37. The molecule has 0 spiro atoms. The highest BCUT2D eigenvalue weighted by Crippen LogP contribution is 2.34. The lowest BCUT2D eigenvalue weighted by Gasteiger charge is -2.27. The van der Waals surface area contributed by atoms with Crippen LogP contribution >= 0.6 is 0 Å². The van der Waals surface area contributed by atoms with Gasteiger partial charge in [-0.3, -0.25) is 14.4 Å². The molecule has 2 heterocycles. The second-order valence-electron chi connectivity index (χ2n) is 7.29. The molecule has 31 heavy (non-hydrogen) atoms. The highest BCUT2D eigenvalue weighted by molar-refractivity contribution is 5.99. The SMILES string of the molecule is CC(=O)NC(C)C(=O)N1CCCC1C(=O)Nc1ccc2c(C(F)(F)F)cc(=O)oc2c1. The Morgan fingerprint density at radius 2 is 1.94 bits per heavy atom. The van der Waals surface area contributed by atoms with Gasteiger partial charge in [-0.05, 0) is 31.9 Å². The molecule has 1 saturated heterocycles. The van der Waals surface area contributed by atoms with Crippen LogP contribution in [0, 0.1) is 0 Å². The van der Waals surface area contributed by atoms with E-state index in [1.807, 2.05) is 0 Å². The van der Waals surface area contributed by atoms with Crippen molar-refractivity contribution in [3.05, 3.63) is 40.2 Å². The average Bonchev–Trinajstić information content (AvgIpc) is 3.15. The number of benzene rings is 1. The van der Waals surface area contributed by atoms with Crippen LogP contribution in [-0.2, 0) is 20.6 Å². The Balaban J connectivity index is 1.82. The van der Waals surface area contributed by atoms with Gasteiger partial charge >= 0.3 is 11.8 Å². The first-order valence-electron chi connectivity index (χ1n) is 9.51. The molecule has 11 heteroatoms. The number of amides is 3. The molecule has 1 aromatic heterocycles. The Kier molecular flexibility index (Phi) is 6.05. The smallest absolute Gasteiger partial charge is 0.417 e. The van der Waals surface area contributed by atoms with Crippen molar-refractivity contribution in [2.24, 2.45) is 0 Å². The molecule has 0 bridgehead atoms. The molecule has 0 radical (unpaired) electrons. The molecule has 0 aliphatic carbocycles. The topological polar surface area (TPSA) is 109 Å². The van der Waals surface area contributed by atoms with E-state index in [4.69, 9.17) is 4.42 Å². The zero-order valence-corrected chi connectivity index (χ0v) is 16.7. The van der Waals surface area contributed by atoms with Crippen molar-refractivity contribution in [1.29, 1.82) is 0 Å². The van der Waals surface area contributed by atoms with E-state index in [-0.39, 0.29) is 22.6 Å². The first-order chi connectivity index (χ1) is 14.5. The van der Waals surface area contributed by atoms with Gasteiger partial charge in [0.2, 0.25) is 17.7 Å². The van der Waals surface area contributed by atoms with Crippen LogP contribution in [0.2, 0.25) is 0 Å². The summed E-state index contributed by atoms with van der Waals surface area (Å²) in [5, 5.41) is 4.72. The normalized spacial score (nSPS) is 17.5. The Morgan fingerprint density at radius 3 is 2.58 bits per heavy atom. The van der Waals surface area contributed by atoms with E-state index in [2.05, 4.69) is 10.6 Å².